The molecule has 1 aromatic carbocycles. The van der Waals surface area contributed by atoms with Crippen LogP contribution in [-0.2, 0) is 12.6 Å². The van der Waals surface area contributed by atoms with E-state index in [9.17, 15) is 13.2 Å². The molecule has 106 valence electrons. The topological polar surface area (TPSA) is 35.2 Å². The molecule has 2 nitrogen and oxygen atoms in total. The fraction of sp³-hybridized carbons (Fsp3) is 0.571. The summed E-state index contributed by atoms with van der Waals surface area (Å²) >= 11 is 0. The van der Waals surface area contributed by atoms with Crippen LogP contribution in [0.4, 0.5) is 13.2 Å². The maximum absolute atomic E-state index is 13.0. The number of benzene rings is 1. The van der Waals surface area contributed by atoms with Crippen LogP contribution in [0.2, 0.25) is 0 Å². The van der Waals surface area contributed by atoms with Gasteiger partial charge in [-0.2, -0.15) is 13.2 Å². The highest BCUT2D eigenvalue weighted by molar-refractivity contribution is 5.39. The lowest BCUT2D eigenvalue weighted by Gasteiger charge is -2.26. The van der Waals surface area contributed by atoms with Crippen molar-refractivity contribution < 1.29 is 17.9 Å². The lowest BCUT2D eigenvalue weighted by molar-refractivity contribution is -0.139. The van der Waals surface area contributed by atoms with E-state index < -0.39 is 11.7 Å². The number of halogens is 3. The van der Waals surface area contributed by atoms with Gasteiger partial charge in [0.05, 0.1) is 12.2 Å². The Balaban J connectivity index is 2.15. The zero-order valence-corrected chi connectivity index (χ0v) is 10.7. The van der Waals surface area contributed by atoms with Crippen molar-refractivity contribution in [1.82, 2.24) is 0 Å². The van der Waals surface area contributed by atoms with Crippen molar-refractivity contribution in [3.8, 4) is 5.75 Å². The largest absolute Gasteiger partial charge is 0.493 e. The SMILES string of the molecule is NCCc1ccc(OCC2CCC2)c(C(F)(F)F)c1. The molecule has 0 spiro atoms. The van der Waals surface area contributed by atoms with Crippen LogP contribution in [0.25, 0.3) is 0 Å². The number of alkyl halides is 3. The maximum Gasteiger partial charge on any atom is 0.419 e. The number of hydrogen-bond donors (Lipinski definition) is 1. The molecule has 19 heavy (non-hydrogen) atoms. The second-order valence-electron chi connectivity index (χ2n) is 4.97. The molecule has 0 unspecified atom stereocenters. The molecule has 0 aliphatic heterocycles. The summed E-state index contributed by atoms with van der Waals surface area (Å²) in [6.45, 7) is 0.707. The van der Waals surface area contributed by atoms with Crippen LogP contribution >= 0.6 is 0 Å². The molecule has 0 saturated heterocycles. The van der Waals surface area contributed by atoms with E-state index in [-0.39, 0.29) is 5.75 Å². The van der Waals surface area contributed by atoms with E-state index in [1.807, 2.05) is 0 Å². The Kier molecular flexibility index (Phi) is 4.34. The second kappa shape index (κ2) is 5.82. The van der Waals surface area contributed by atoms with Crippen molar-refractivity contribution in [1.29, 1.82) is 0 Å². The monoisotopic (exact) mass is 273 g/mol. The van der Waals surface area contributed by atoms with Gasteiger partial charge in [-0.05, 0) is 49.4 Å². The predicted molar refractivity (Wildman–Crippen MR) is 67.0 cm³/mol. The molecule has 0 atom stereocenters. The molecular formula is C14H18F3NO. The summed E-state index contributed by atoms with van der Waals surface area (Å²) in [4.78, 5) is 0. The highest BCUT2D eigenvalue weighted by Gasteiger charge is 2.35. The van der Waals surface area contributed by atoms with Gasteiger partial charge in [0.2, 0.25) is 0 Å². The Morgan fingerprint density at radius 3 is 2.53 bits per heavy atom. The van der Waals surface area contributed by atoms with Crippen molar-refractivity contribution in [2.45, 2.75) is 31.9 Å². The van der Waals surface area contributed by atoms with Crippen LogP contribution in [0.3, 0.4) is 0 Å². The average molecular weight is 273 g/mol. The zero-order chi connectivity index (χ0) is 13.9. The fourth-order valence-electron chi connectivity index (χ4n) is 2.11. The first-order chi connectivity index (χ1) is 9.00. The van der Waals surface area contributed by atoms with Crippen LogP contribution in [-0.4, -0.2) is 13.2 Å². The van der Waals surface area contributed by atoms with E-state index in [0.29, 0.717) is 31.1 Å². The Hall–Kier alpha value is -1.23. The van der Waals surface area contributed by atoms with Crippen LogP contribution < -0.4 is 10.5 Å². The van der Waals surface area contributed by atoms with Gasteiger partial charge in [-0.25, -0.2) is 0 Å². The third kappa shape index (κ3) is 3.62. The third-order valence-corrected chi connectivity index (χ3v) is 3.48. The molecule has 2 N–H and O–H groups in total. The summed E-state index contributed by atoms with van der Waals surface area (Å²) in [5.74, 6) is 0.338. The smallest absolute Gasteiger partial charge is 0.419 e. The van der Waals surface area contributed by atoms with Crippen LogP contribution in [0.1, 0.15) is 30.4 Å². The number of hydrogen-bond acceptors (Lipinski definition) is 2. The van der Waals surface area contributed by atoms with E-state index >= 15 is 0 Å². The third-order valence-electron chi connectivity index (χ3n) is 3.48. The summed E-state index contributed by atoms with van der Waals surface area (Å²) in [6.07, 6.45) is -0.708. The number of nitrogens with two attached hydrogens (primary N) is 1. The predicted octanol–water partition coefficient (Wildman–Crippen LogP) is 3.39. The first kappa shape index (κ1) is 14.2. The van der Waals surface area contributed by atoms with Gasteiger partial charge < -0.3 is 10.5 Å². The molecule has 0 aromatic heterocycles. The van der Waals surface area contributed by atoms with Crippen LogP contribution in [0.5, 0.6) is 5.75 Å². The lowest BCUT2D eigenvalue weighted by Crippen LogP contribution is -2.20. The standard InChI is InChI=1S/C14H18F3NO/c15-14(16,17)12-8-10(6-7-18)4-5-13(12)19-9-11-2-1-3-11/h4-5,8,11H,1-3,6-7,9,18H2. The van der Waals surface area contributed by atoms with E-state index in [4.69, 9.17) is 10.5 Å². The lowest BCUT2D eigenvalue weighted by atomic mass is 9.86. The van der Waals surface area contributed by atoms with Crippen molar-refractivity contribution in [3.63, 3.8) is 0 Å². The quantitative estimate of drug-likeness (QED) is 0.892. The molecular weight excluding hydrogens is 255 g/mol. The fourth-order valence-corrected chi connectivity index (χ4v) is 2.11. The Morgan fingerprint density at radius 2 is 2.00 bits per heavy atom. The maximum atomic E-state index is 13.0. The van der Waals surface area contributed by atoms with Gasteiger partial charge in [0.25, 0.3) is 0 Å². The molecule has 5 heteroatoms. The van der Waals surface area contributed by atoms with Crippen LogP contribution in [0, 0.1) is 5.92 Å². The van der Waals surface area contributed by atoms with Gasteiger partial charge in [-0.15, -0.1) is 0 Å². The molecule has 1 fully saturated rings. The minimum Gasteiger partial charge on any atom is -0.493 e. The summed E-state index contributed by atoms with van der Waals surface area (Å²) in [6, 6.07) is 4.20. The van der Waals surface area contributed by atoms with Gasteiger partial charge in [0, 0.05) is 0 Å². The van der Waals surface area contributed by atoms with Crippen molar-refractivity contribution in [2.75, 3.05) is 13.2 Å². The highest BCUT2D eigenvalue weighted by atomic mass is 19.4. The van der Waals surface area contributed by atoms with E-state index in [1.54, 1.807) is 6.07 Å². The van der Waals surface area contributed by atoms with Gasteiger partial charge in [-0.1, -0.05) is 12.5 Å². The van der Waals surface area contributed by atoms with Crippen molar-refractivity contribution >= 4 is 0 Å². The normalized spacial score (nSPS) is 16.2. The highest BCUT2D eigenvalue weighted by Crippen LogP contribution is 2.37. The summed E-state index contributed by atoms with van der Waals surface area (Å²) in [7, 11) is 0. The first-order valence-electron chi connectivity index (χ1n) is 6.53. The Labute approximate surface area is 110 Å². The summed E-state index contributed by atoms with van der Waals surface area (Å²) in [5.41, 5.74) is 5.26. The molecule has 0 bridgehead atoms. The Morgan fingerprint density at radius 1 is 1.26 bits per heavy atom. The molecule has 1 aliphatic rings. The molecule has 1 aromatic rings. The van der Waals surface area contributed by atoms with E-state index in [0.717, 1.165) is 25.3 Å². The molecule has 1 aliphatic carbocycles. The summed E-state index contributed by atoms with van der Waals surface area (Å²) < 4.78 is 44.3. The van der Waals surface area contributed by atoms with Gasteiger partial charge in [0.1, 0.15) is 5.75 Å². The van der Waals surface area contributed by atoms with Crippen LogP contribution in [0.15, 0.2) is 18.2 Å². The number of rotatable bonds is 5. The zero-order valence-electron chi connectivity index (χ0n) is 10.7. The van der Waals surface area contributed by atoms with E-state index in [2.05, 4.69) is 0 Å². The molecule has 1 saturated carbocycles. The van der Waals surface area contributed by atoms with E-state index in [1.165, 1.54) is 6.07 Å². The minimum atomic E-state index is -4.39. The number of ether oxygens (including phenoxy) is 1. The van der Waals surface area contributed by atoms with Gasteiger partial charge >= 0.3 is 6.18 Å². The second-order valence-corrected chi connectivity index (χ2v) is 4.97. The molecule has 0 radical (unpaired) electrons. The minimum absolute atomic E-state index is 0.0693. The Bertz CT molecular complexity index is 427. The molecule has 0 heterocycles. The molecule has 2 rings (SSSR count). The average Bonchev–Trinajstić information content (AvgIpc) is 2.27. The molecule has 0 amide bonds. The van der Waals surface area contributed by atoms with Crippen molar-refractivity contribution in [2.24, 2.45) is 11.7 Å². The van der Waals surface area contributed by atoms with Gasteiger partial charge in [0.15, 0.2) is 0 Å². The first-order valence-corrected chi connectivity index (χ1v) is 6.53. The van der Waals surface area contributed by atoms with Gasteiger partial charge in [-0.3, -0.25) is 0 Å². The van der Waals surface area contributed by atoms with Crippen molar-refractivity contribution in [3.05, 3.63) is 29.3 Å². The summed E-state index contributed by atoms with van der Waals surface area (Å²) in [5, 5.41) is 0.